The molecule has 20 heavy (non-hydrogen) atoms. The van der Waals surface area contributed by atoms with Crippen LogP contribution in [0.2, 0.25) is 0 Å². The van der Waals surface area contributed by atoms with Crippen molar-refractivity contribution < 1.29 is 28.2 Å². The molecule has 0 radical (unpaired) electrons. The first kappa shape index (κ1) is 14.4. The van der Waals surface area contributed by atoms with E-state index < -0.39 is 34.1 Å². The fourth-order valence-electron chi connectivity index (χ4n) is 1.86. The molecule has 7 nitrogen and oxygen atoms in total. The Hall–Kier alpha value is -2.06. The molecule has 2 N–H and O–H groups in total. The molecule has 0 bridgehead atoms. The highest BCUT2D eigenvalue weighted by Crippen LogP contribution is 2.34. The molecule has 0 unspecified atom stereocenters. The lowest BCUT2D eigenvalue weighted by Gasteiger charge is -2.27. The molecule has 108 valence electrons. The van der Waals surface area contributed by atoms with Gasteiger partial charge in [0.1, 0.15) is 6.61 Å². The maximum absolute atomic E-state index is 12.3. The van der Waals surface area contributed by atoms with Crippen molar-refractivity contribution in [2.75, 3.05) is 20.3 Å². The van der Waals surface area contributed by atoms with E-state index in [0.29, 0.717) is 4.31 Å². The number of carbonyl (C=O) groups excluding carboxylic acids is 1. The monoisotopic (exact) mass is 299 g/mol. The maximum atomic E-state index is 12.3. The van der Waals surface area contributed by atoms with Crippen LogP contribution in [0.15, 0.2) is 34.9 Å². The van der Waals surface area contributed by atoms with Crippen LogP contribution in [-0.2, 0) is 19.6 Å². The number of aliphatic hydroxyl groups excluding tert-OH is 2. The number of benzene rings is 1. The number of likely N-dealkylation sites (N-methyl/N-ethyl adjacent to an activating group) is 1. The maximum Gasteiger partial charge on any atom is 0.359 e. The van der Waals surface area contributed by atoms with Gasteiger partial charge in [0.05, 0.1) is 11.5 Å². The van der Waals surface area contributed by atoms with Crippen LogP contribution >= 0.6 is 0 Å². The number of hydrogen-bond donors (Lipinski definition) is 2. The van der Waals surface area contributed by atoms with Gasteiger partial charge in [0.2, 0.25) is 0 Å². The van der Waals surface area contributed by atoms with E-state index >= 15 is 0 Å². The van der Waals surface area contributed by atoms with E-state index in [0.717, 1.165) is 7.05 Å². The highest BCUT2D eigenvalue weighted by Gasteiger charge is 2.38. The first-order chi connectivity index (χ1) is 9.41. The molecule has 0 fully saturated rings. The minimum absolute atomic E-state index is 0.0431. The number of rotatable bonds is 3. The Morgan fingerprint density at radius 1 is 1.35 bits per heavy atom. The molecule has 1 aliphatic heterocycles. The first-order valence-electron chi connectivity index (χ1n) is 5.70. The predicted octanol–water partition coefficient (Wildman–Crippen LogP) is 0.0828. The first-order valence-corrected chi connectivity index (χ1v) is 7.15. The average Bonchev–Trinajstić information content (AvgIpc) is 2.43. The number of aliphatic hydroxyl groups is 2. The lowest BCUT2D eigenvalue weighted by atomic mass is 10.1. The van der Waals surface area contributed by atoms with Crippen molar-refractivity contribution in [1.82, 2.24) is 4.31 Å². The summed E-state index contributed by atoms with van der Waals surface area (Å²) in [5.74, 6) is -1.49. The molecule has 1 aromatic carbocycles. The Bertz CT molecular complexity index is 679. The number of carbonyl (C=O) groups is 1. The molecule has 1 aromatic rings. The Kier molecular flexibility index (Phi) is 3.69. The van der Waals surface area contributed by atoms with Crippen LogP contribution in [0, 0.1) is 0 Å². The van der Waals surface area contributed by atoms with Gasteiger partial charge < -0.3 is 14.9 Å². The van der Waals surface area contributed by atoms with Gasteiger partial charge in [-0.3, -0.25) is 4.31 Å². The average molecular weight is 299 g/mol. The Labute approximate surface area is 115 Å². The predicted molar refractivity (Wildman–Crippen MR) is 69.0 cm³/mol. The highest BCUT2D eigenvalue weighted by molar-refractivity contribution is 7.89. The van der Waals surface area contributed by atoms with Gasteiger partial charge in [-0.1, -0.05) is 12.1 Å². The zero-order valence-corrected chi connectivity index (χ0v) is 11.4. The number of fused-ring (bicyclic) bond motifs is 1. The topological polar surface area (TPSA) is 104 Å². The second-order valence-electron chi connectivity index (χ2n) is 4.03. The minimum Gasteiger partial charge on any atom is -0.505 e. The molecule has 1 heterocycles. The number of sulfonamides is 1. The minimum atomic E-state index is -3.92. The Balaban J connectivity index is 2.60. The fourth-order valence-corrected chi connectivity index (χ4v) is 3.25. The summed E-state index contributed by atoms with van der Waals surface area (Å²) < 4.78 is 29.9. The highest BCUT2D eigenvalue weighted by atomic mass is 32.2. The van der Waals surface area contributed by atoms with Gasteiger partial charge in [-0.15, -0.1) is 0 Å². The summed E-state index contributed by atoms with van der Waals surface area (Å²) in [6.07, 6.45) is 0. The summed E-state index contributed by atoms with van der Waals surface area (Å²) >= 11 is 0. The van der Waals surface area contributed by atoms with E-state index in [1.54, 1.807) is 6.07 Å². The van der Waals surface area contributed by atoms with Crippen molar-refractivity contribution in [3.8, 4) is 0 Å². The number of hydrogen-bond acceptors (Lipinski definition) is 6. The number of esters is 1. The molecule has 0 atom stereocenters. The molecule has 0 saturated heterocycles. The van der Waals surface area contributed by atoms with E-state index in [1.807, 2.05) is 0 Å². The van der Waals surface area contributed by atoms with Crippen LogP contribution in [-0.4, -0.2) is 49.2 Å². The molecule has 0 spiro atoms. The fraction of sp³-hybridized carbons (Fsp3) is 0.250. The van der Waals surface area contributed by atoms with Gasteiger partial charge >= 0.3 is 5.97 Å². The zero-order valence-electron chi connectivity index (χ0n) is 10.6. The smallest absolute Gasteiger partial charge is 0.359 e. The summed E-state index contributed by atoms with van der Waals surface area (Å²) in [6.45, 7) is -0.683. The summed E-state index contributed by atoms with van der Waals surface area (Å²) in [6, 6.07) is 5.81. The van der Waals surface area contributed by atoms with Crippen LogP contribution in [0.3, 0.4) is 0 Å². The van der Waals surface area contributed by atoms with Crippen LogP contribution < -0.4 is 0 Å². The number of ether oxygens (including phenoxy) is 1. The van der Waals surface area contributed by atoms with E-state index in [1.165, 1.54) is 18.2 Å². The summed E-state index contributed by atoms with van der Waals surface area (Å²) in [5.41, 5.74) is -0.432. The summed E-state index contributed by atoms with van der Waals surface area (Å²) in [5, 5.41) is 18.7. The standard InChI is InChI=1S/C12H13NO6S/c1-13-10(12(16)19-7-6-14)11(15)8-4-2-3-5-9(8)20(13,17)18/h2-5,14-15H,6-7H2,1H3. The van der Waals surface area contributed by atoms with Crippen molar-refractivity contribution in [3.05, 3.63) is 35.5 Å². The van der Waals surface area contributed by atoms with Crippen LogP contribution in [0.25, 0.3) is 5.76 Å². The van der Waals surface area contributed by atoms with Crippen molar-refractivity contribution >= 4 is 21.8 Å². The third kappa shape index (κ3) is 2.12. The molecular formula is C12H13NO6S. The van der Waals surface area contributed by atoms with Gasteiger partial charge in [0.15, 0.2) is 11.5 Å². The molecule has 0 amide bonds. The quantitative estimate of drug-likeness (QED) is 0.766. The van der Waals surface area contributed by atoms with Gasteiger partial charge in [0.25, 0.3) is 10.0 Å². The lowest BCUT2D eigenvalue weighted by molar-refractivity contribution is -0.141. The second kappa shape index (κ2) is 5.14. The van der Waals surface area contributed by atoms with Crippen LogP contribution in [0.1, 0.15) is 5.56 Å². The van der Waals surface area contributed by atoms with E-state index in [-0.39, 0.29) is 17.1 Å². The zero-order chi connectivity index (χ0) is 14.9. The molecule has 8 heteroatoms. The lowest BCUT2D eigenvalue weighted by Crippen LogP contribution is -2.36. The van der Waals surface area contributed by atoms with E-state index in [2.05, 4.69) is 4.74 Å². The van der Waals surface area contributed by atoms with Crippen molar-refractivity contribution in [1.29, 1.82) is 0 Å². The SMILES string of the molecule is CN1C(C(=O)OCCO)=C(O)c2ccccc2S1(=O)=O. The molecule has 0 aliphatic carbocycles. The van der Waals surface area contributed by atoms with Crippen molar-refractivity contribution in [3.63, 3.8) is 0 Å². The number of nitrogens with zero attached hydrogens (tertiary/aromatic N) is 1. The van der Waals surface area contributed by atoms with Gasteiger partial charge in [0, 0.05) is 12.6 Å². The van der Waals surface area contributed by atoms with Gasteiger partial charge in [-0.05, 0) is 12.1 Å². The molecular weight excluding hydrogens is 286 g/mol. The van der Waals surface area contributed by atoms with Gasteiger partial charge in [-0.2, -0.15) is 0 Å². The normalized spacial score (nSPS) is 16.8. The second-order valence-corrected chi connectivity index (χ2v) is 5.96. The van der Waals surface area contributed by atoms with Crippen molar-refractivity contribution in [2.45, 2.75) is 4.90 Å². The third-order valence-electron chi connectivity index (χ3n) is 2.84. The largest absolute Gasteiger partial charge is 0.505 e. The van der Waals surface area contributed by atoms with E-state index in [4.69, 9.17) is 5.11 Å². The molecule has 0 aromatic heterocycles. The summed E-state index contributed by atoms with van der Waals surface area (Å²) in [7, 11) is -2.77. The summed E-state index contributed by atoms with van der Waals surface area (Å²) in [4.78, 5) is 11.7. The molecule has 1 aliphatic rings. The third-order valence-corrected chi connectivity index (χ3v) is 4.65. The molecule has 2 rings (SSSR count). The van der Waals surface area contributed by atoms with Crippen LogP contribution in [0.4, 0.5) is 0 Å². The van der Waals surface area contributed by atoms with Gasteiger partial charge in [-0.25, -0.2) is 13.2 Å². The Morgan fingerprint density at radius 3 is 2.65 bits per heavy atom. The van der Waals surface area contributed by atoms with Crippen LogP contribution in [0.5, 0.6) is 0 Å². The Morgan fingerprint density at radius 2 is 2.00 bits per heavy atom. The van der Waals surface area contributed by atoms with E-state index in [9.17, 15) is 18.3 Å². The van der Waals surface area contributed by atoms with Crippen molar-refractivity contribution in [2.24, 2.45) is 0 Å². The molecule has 0 saturated carbocycles.